The first-order valence-corrected chi connectivity index (χ1v) is 2.16. The molecule has 0 aromatic carbocycles. The van der Waals surface area contributed by atoms with Gasteiger partial charge in [0.15, 0.2) is 5.21 Å². The summed E-state index contributed by atoms with van der Waals surface area (Å²) in [7, 11) is 1.75. The van der Waals surface area contributed by atoms with Gasteiger partial charge in [-0.05, 0) is 17.6 Å². The van der Waals surface area contributed by atoms with E-state index in [2.05, 4.69) is 23.1 Å². The number of thiol groups is 1. The monoisotopic (exact) mass is 117 g/mol. The number of rotatable bonds is 0. The summed E-state index contributed by atoms with van der Waals surface area (Å²) in [4.78, 5) is 1.50. The van der Waals surface area contributed by atoms with Crippen molar-refractivity contribution in [2.75, 3.05) is 0 Å². The molecule has 0 aliphatic rings. The van der Waals surface area contributed by atoms with E-state index >= 15 is 0 Å². The fourth-order valence-corrected chi connectivity index (χ4v) is 0.342. The van der Waals surface area contributed by atoms with Crippen molar-refractivity contribution in [3.05, 3.63) is 6.33 Å². The summed E-state index contributed by atoms with van der Waals surface area (Å²) in [5, 5.41) is 7.09. The van der Waals surface area contributed by atoms with Crippen LogP contribution in [-0.4, -0.2) is 14.4 Å². The third-order valence-electron chi connectivity index (χ3n) is 0.633. The molecule has 0 aliphatic carbocycles. The van der Waals surface area contributed by atoms with Crippen molar-refractivity contribution < 1.29 is 4.80 Å². The maximum Gasteiger partial charge on any atom is 0.283 e. The molecule has 0 bridgehead atoms. The molecule has 0 saturated heterocycles. The molecule has 0 N–H and O–H groups in total. The Morgan fingerprint density at radius 2 is 2.57 bits per heavy atom. The predicted octanol–water partition coefficient (Wildman–Crippen LogP) is -1.20. The highest BCUT2D eigenvalue weighted by Gasteiger charge is 1.94. The Hall–Kier alpha value is -0.580. The Balaban J connectivity index is 3.12. The molecule has 0 radical (unpaired) electrons. The lowest BCUT2D eigenvalue weighted by Crippen LogP contribution is -2.37. The molecule has 0 fully saturated rings. The Labute approximate surface area is 46.3 Å². The SMILES string of the molecule is C[n+]1nncn1S. The second-order valence-electron chi connectivity index (χ2n) is 1.13. The normalized spacial score (nSPS) is 9.43. The van der Waals surface area contributed by atoms with E-state index in [-0.39, 0.29) is 0 Å². The second-order valence-corrected chi connectivity index (χ2v) is 1.54. The van der Waals surface area contributed by atoms with Gasteiger partial charge in [0.2, 0.25) is 0 Å². The van der Waals surface area contributed by atoms with E-state index < -0.39 is 0 Å². The minimum atomic E-state index is 1.47. The fourth-order valence-electron chi connectivity index (χ4n) is 0.260. The first-order chi connectivity index (χ1) is 3.30. The van der Waals surface area contributed by atoms with Crippen LogP contribution in [0.25, 0.3) is 0 Å². The lowest BCUT2D eigenvalue weighted by molar-refractivity contribution is -0.792. The van der Waals surface area contributed by atoms with Gasteiger partial charge in [-0.1, -0.05) is 0 Å². The zero-order valence-corrected chi connectivity index (χ0v) is 4.71. The van der Waals surface area contributed by atoms with Gasteiger partial charge in [0.1, 0.15) is 7.05 Å². The van der Waals surface area contributed by atoms with Crippen LogP contribution in [0.15, 0.2) is 6.33 Å². The first kappa shape index (κ1) is 4.58. The van der Waals surface area contributed by atoms with Gasteiger partial charge < -0.3 is 0 Å². The Morgan fingerprint density at radius 3 is 2.71 bits per heavy atom. The van der Waals surface area contributed by atoms with Crippen molar-refractivity contribution in [3.63, 3.8) is 0 Å². The molecule has 38 valence electrons. The maximum absolute atomic E-state index is 3.90. The minimum absolute atomic E-state index is 1.47. The number of aryl methyl sites for hydroxylation is 1. The lowest BCUT2D eigenvalue weighted by atomic mass is 11.4. The van der Waals surface area contributed by atoms with Crippen LogP contribution in [0.4, 0.5) is 0 Å². The molecule has 0 atom stereocenters. The van der Waals surface area contributed by atoms with Gasteiger partial charge in [0, 0.05) is 0 Å². The molecule has 4 nitrogen and oxygen atoms in total. The van der Waals surface area contributed by atoms with Gasteiger partial charge >= 0.3 is 0 Å². The van der Waals surface area contributed by atoms with E-state index in [0.717, 1.165) is 0 Å². The molecule has 5 heteroatoms. The van der Waals surface area contributed by atoms with E-state index in [9.17, 15) is 0 Å². The minimum Gasteiger partial charge on any atom is -0.101 e. The molecule has 0 spiro atoms. The average Bonchev–Trinajstić information content (AvgIpc) is 1.91. The zero-order chi connectivity index (χ0) is 5.28. The summed E-state index contributed by atoms with van der Waals surface area (Å²) in [5.41, 5.74) is 0. The molecular weight excluding hydrogens is 112 g/mol. The second kappa shape index (κ2) is 1.49. The van der Waals surface area contributed by atoms with E-state index in [4.69, 9.17) is 0 Å². The van der Waals surface area contributed by atoms with Crippen LogP contribution < -0.4 is 4.80 Å². The largest absolute Gasteiger partial charge is 0.283 e. The van der Waals surface area contributed by atoms with Crippen LogP contribution >= 0.6 is 12.8 Å². The number of tetrazole rings is 1. The summed E-state index contributed by atoms with van der Waals surface area (Å²) in [5.74, 6) is 0. The van der Waals surface area contributed by atoms with Crippen molar-refractivity contribution in [1.82, 2.24) is 14.4 Å². The number of hydrogen-bond donors (Lipinski definition) is 1. The van der Waals surface area contributed by atoms with Gasteiger partial charge in [-0.15, -0.1) is 4.09 Å². The Bertz CT molecular complexity index is 142. The summed E-state index contributed by atoms with van der Waals surface area (Å²) in [6.45, 7) is 0. The average molecular weight is 117 g/mol. The smallest absolute Gasteiger partial charge is 0.101 e. The predicted molar refractivity (Wildman–Crippen MR) is 25.6 cm³/mol. The van der Waals surface area contributed by atoms with E-state index in [0.29, 0.717) is 0 Å². The summed E-state index contributed by atoms with van der Waals surface area (Å²) >= 11 is 3.90. The maximum atomic E-state index is 3.90. The van der Waals surface area contributed by atoms with Gasteiger partial charge in [-0.3, -0.25) is 0 Å². The molecule has 0 unspecified atom stereocenters. The molecule has 7 heavy (non-hydrogen) atoms. The Kier molecular flexibility index (Phi) is 0.976. The lowest BCUT2D eigenvalue weighted by Gasteiger charge is -1.77. The summed E-state index contributed by atoms with van der Waals surface area (Å²) in [6.07, 6.45) is 1.50. The molecule has 0 aliphatic heterocycles. The number of aromatic nitrogens is 4. The van der Waals surface area contributed by atoms with Crippen molar-refractivity contribution in [2.24, 2.45) is 7.05 Å². The van der Waals surface area contributed by atoms with Crippen LogP contribution in [-0.2, 0) is 7.05 Å². The quantitative estimate of drug-likeness (QED) is 0.342. The van der Waals surface area contributed by atoms with Crippen molar-refractivity contribution in [1.29, 1.82) is 0 Å². The topological polar surface area (TPSA) is 34.6 Å². The van der Waals surface area contributed by atoms with Crippen molar-refractivity contribution >= 4 is 12.8 Å². The third-order valence-corrected chi connectivity index (χ3v) is 0.995. The van der Waals surface area contributed by atoms with Gasteiger partial charge in [0.05, 0.1) is 5.10 Å². The fraction of sp³-hybridized carbons (Fsp3) is 0.500. The van der Waals surface area contributed by atoms with Crippen LogP contribution in [0.5, 0.6) is 0 Å². The van der Waals surface area contributed by atoms with E-state index in [1.165, 1.54) is 15.2 Å². The van der Waals surface area contributed by atoms with Crippen LogP contribution in [0, 0.1) is 0 Å². The molecule has 1 aromatic heterocycles. The van der Waals surface area contributed by atoms with Gasteiger partial charge in [-0.2, -0.15) is 0 Å². The zero-order valence-electron chi connectivity index (χ0n) is 3.81. The van der Waals surface area contributed by atoms with E-state index in [1.54, 1.807) is 7.05 Å². The van der Waals surface area contributed by atoms with Gasteiger partial charge in [0.25, 0.3) is 6.33 Å². The van der Waals surface area contributed by atoms with Crippen molar-refractivity contribution in [3.8, 4) is 0 Å². The molecule has 1 rings (SSSR count). The van der Waals surface area contributed by atoms with Crippen LogP contribution in [0.2, 0.25) is 0 Å². The van der Waals surface area contributed by atoms with Crippen molar-refractivity contribution in [2.45, 2.75) is 0 Å². The third kappa shape index (κ3) is 0.714. The summed E-state index contributed by atoms with van der Waals surface area (Å²) in [6, 6.07) is 0. The van der Waals surface area contributed by atoms with E-state index in [1.807, 2.05) is 0 Å². The number of nitrogens with zero attached hydrogens (tertiary/aromatic N) is 4. The summed E-state index contributed by atoms with van der Waals surface area (Å²) < 4.78 is 1.47. The molecule has 0 amide bonds. The van der Waals surface area contributed by atoms with Crippen LogP contribution in [0.1, 0.15) is 0 Å². The Morgan fingerprint density at radius 1 is 1.86 bits per heavy atom. The highest BCUT2D eigenvalue weighted by atomic mass is 32.1. The standard InChI is InChI=1S/C2H5N4S/c1-5-4-3-2-6(5)7/h2,7H,1H3/q+1. The highest BCUT2D eigenvalue weighted by Crippen LogP contribution is 1.69. The molecular formula is C2H5N4S+. The molecule has 1 heterocycles. The van der Waals surface area contributed by atoms with Crippen LogP contribution in [0.3, 0.4) is 0 Å². The van der Waals surface area contributed by atoms with Gasteiger partial charge in [-0.25, -0.2) is 0 Å². The molecule has 0 saturated carbocycles. The molecule has 1 aromatic rings. The number of hydrogen-bond acceptors (Lipinski definition) is 3. The highest BCUT2D eigenvalue weighted by molar-refractivity contribution is 7.78. The first-order valence-electron chi connectivity index (χ1n) is 1.76.